The van der Waals surface area contributed by atoms with Gasteiger partial charge in [0.2, 0.25) is 5.91 Å². The van der Waals surface area contributed by atoms with Gasteiger partial charge in [0.25, 0.3) is 0 Å². The average molecular weight is 361 g/mol. The Balaban J connectivity index is 2.23. The number of rotatable bonds is 4. The van der Waals surface area contributed by atoms with Crippen LogP contribution in [-0.4, -0.2) is 19.0 Å². The first-order valence-electron chi connectivity index (χ1n) is 7.15. The van der Waals surface area contributed by atoms with Gasteiger partial charge in [-0.2, -0.15) is 0 Å². The fourth-order valence-corrected chi connectivity index (χ4v) is 3.28. The van der Waals surface area contributed by atoms with Gasteiger partial charge in [0.05, 0.1) is 5.41 Å². The van der Waals surface area contributed by atoms with Crippen LogP contribution in [0.5, 0.6) is 0 Å². The standard InChI is InChI=1S/C15H19BrF2N2O/c1-2-4-15(5-3-6-19-9-15)14(21)20-13-11(17)7-10(16)8-12(13)18/h7-8,19H,2-6,9H2,1H3,(H,20,21). The van der Waals surface area contributed by atoms with E-state index in [1.54, 1.807) is 0 Å². The Labute approximate surface area is 131 Å². The molecule has 1 unspecified atom stereocenters. The molecule has 0 aliphatic carbocycles. The third-order valence-electron chi connectivity index (χ3n) is 3.93. The molecule has 1 amide bonds. The molecule has 1 aliphatic heterocycles. The lowest BCUT2D eigenvalue weighted by Gasteiger charge is -2.36. The monoisotopic (exact) mass is 360 g/mol. The summed E-state index contributed by atoms with van der Waals surface area (Å²) >= 11 is 3.02. The van der Waals surface area contributed by atoms with Crippen LogP contribution in [0.25, 0.3) is 0 Å². The second kappa shape index (κ2) is 6.83. The molecule has 0 spiro atoms. The molecule has 1 fully saturated rings. The van der Waals surface area contributed by atoms with Gasteiger partial charge < -0.3 is 10.6 Å². The van der Waals surface area contributed by atoms with E-state index >= 15 is 0 Å². The summed E-state index contributed by atoms with van der Waals surface area (Å²) in [6, 6.07) is 2.29. The molecule has 0 aromatic heterocycles. The van der Waals surface area contributed by atoms with Crippen LogP contribution in [0.4, 0.5) is 14.5 Å². The summed E-state index contributed by atoms with van der Waals surface area (Å²) in [6.45, 7) is 3.43. The molecule has 2 N–H and O–H groups in total. The highest BCUT2D eigenvalue weighted by Gasteiger charge is 2.39. The Morgan fingerprint density at radius 2 is 2.10 bits per heavy atom. The Bertz CT molecular complexity index is 502. The molecule has 3 nitrogen and oxygen atoms in total. The molecule has 1 atom stereocenters. The molecule has 1 aromatic carbocycles. The number of anilines is 1. The predicted octanol–water partition coefficient (Wildman–Crippen LogP) is 3.84. The molecule has 0 bridgehead atoms. The average Bonchev–Trinajstić information content (AvgIpc) is 2.44. The van der Waals surface area contributed by atoms with Crippen molar-refractivity contribution in [2.75, 3.05) is 18.4 Å². The van der Waals surface area contributed by atoms with E-state index < -0.39 is 17.0 Å². The third-order valence-corrected chi connectivity index (χ3v) is 4.39. The zero-order chi connectivity index (χ0) is 15.5. The van der Waals surface area contributed by atoms with Crippen molar-refractivity contribution >= 4 is 27.5 Å². The van der Waals surface area contributed by atoms with E-state index in [2.05, 4.69) is 26.6 Å². The van der Waals surface area contributed by atoms with Crippen molar-refractivity contribution in [1.29, 1.82) is 0 Å². The molecule has 0 radical (unpaired) electrons. The van der Waals surface area contributed by atoms with Crippen molar-refractivity contribution in [3.8, 4) is 0 Å². The number of benzene rings is 1. The van der Waals surface area contributed by atoms with Gasteiger partial charge in [0.1, 0.15) is 5.69 Å². The molecule has 0 saturated carbocycles. The molecule has 21 heavy (non-hydrogen) atoms. The van der Waals surface area contributed by atoms with E-state index in [1.165, 1.54) is 0 Å². The van der Waals surface area contributed by atoms with Crippen molar-refractivity contribution < 1.29 is 13.6 Å². The number of amides is 1. The zero-order valence-corrected chi connectivity index (χ0v) is 13.5. The summed E-state index contributed by atoms with van der Waals surface area (Å²) in [4.78, 5) is 12.6. The van der Waals surface area contributed by atoms with E-state index in [4.69, 9.17) is 0 Å². The lowest BCUT2D eigenvalue weighted by molar-refractivity contribution is -0.127. The second-order valence-electron chi connectivity index (χ2n) is 5.51. The first-order valence-corrected chi connectivity index (χ1v) is 7.94. The highest BCUT2D eigenvalue weighted by Crippen LogP contribution is 2.34. The van der Waals surface area contributed by atoms with Gasteiger partial charge in [0, 0.05) is 11.0 Å². The summed E-state index contributed by atoms with van der Waals surface area (Å²) in [7, 11) is 0. The van der Waals surface area contributed by atoms with Crippen LogP contribution in [0.1, 0.15) is 32.6 Å². The number of carbonyl (C=O) groups is 1. The maximum absolute atomic E-state index is 13.8. The fourth-order valence-electron chi connectivity index (χ4n) is 2.87. The topological polar surface area (TPSA) is 41.1 Å². The van der Waals surface area contributed by atoms with Crippen molar-refractivity contribution in [2.24, 2.45) is 5.41 Å². The van der Waals surface area contributed by atoms with Gasteiger partial charge >= 0.3 is 0 Å². The molecule has 2 rings (SSSR count). The number of piperidine rings is 1. The lowest BCUT2D eigenvalue weighted by Crippen LogP contribution is -2.48. The summed E-state index contributed by atoms with van der Waals surface area (Å²) in [5.74, 6) is -1.85. The predicted molar refractivity (Wildman–Crippen MR) is 82.1 cm³/mol. The zero-order valence-electron chi connectivity index (χ0n) is 11.9. The van der Waals surface area contributed by atoms with Crippen LogP contribution in [-0.2, 0) is 4.79 Å². The molecule has 6 heteroatoms. The summed E-state index contributed by atoms with van der Waals surface area (Å²) in [5, 5.41) is 5.66. The van der Waals surface area contributed by atoms with E-state index in [0.29, 0.717) is 17.4 Å². The van der Waals surface area contributed by atoms with Gasteiger partial charge in [-0.25, -0.2) is 8.78 Å². The first kappa shape index (κ1) is 16.4. The maximum Gasteiger partial charge on any atom is 0.232 e. The van der Waals surface area contributed by atoms with Crippen molar-refractivity contribution in [3.05, 3.63) is 28.2 Å². The van der Waals surface area contributed by atoms with E-state index in [9.17, 15) is 13.6 Å². The van der Waals surface area contributed by atoms with Crippen LogP contribution in [0.2, 0.25) is 0 Å². The molecular formula is C15H19BrF2N2O. The number of nitrogens with one attached hydrogen (secondary N) is 2. The summed E-state index contributed by atoms with van der Waals surface area (Å²) < 4.78 is 28.0. The summed E-state index contributed by atoms with van der Waals surface area (Å²) in [5.41, 5.74) is -0.955. The van der Waals surface area contributed by atoms with Crippen molar-refractivity contribution in [1.82, 2.24) is 5.32 Å². The molecular weight excluding hydrogens is 342 g/mol. The molecule has 1 aliphatic rings. The lowest BCUT2D eigenvalue weighted by atomic mass is 9.76. The van der Waals surface area contributed by atoms with E-state index in [1.807, 2.05) is 6.92 Å². The third kappa shape index (κ3) is 3.61. The second-order valence-corrected chi connectivity index (χ2v) is 6.42. The highest BCUT2D eigenvalue weighted by molar-refractivity contribution is 9.10. The SMILES string of the molecule is CCCC1(C(=O)Nc2c(F)cc(Br)cc2F)CCCNC1. The number of hydrogen-bond donors (Lipinski definition) is 2. The van der Waals surface area contributed by atoms with Crippen molar-refractivity contribution in [2.45, 2.75) is 32.6 Å². The van der Waals surface area contributed by atoms with E-state index in [-0.39, 0.29) is 11.6 Å². The highest BCUT2D eigenvalue weighted by atomic mass is 79.9. The van der Waals surface area contributed by atoms with Crippen LogP contribution in [0.15, 0.2) is 16.6 Å². The minimum absolute atomic E-state index is 0.304. The Hall–Kier alpha value is -1.01. The minimum atomic E-state index is -0.773. The van der Waals surface area contributed by atoms with Gasteiger partial charge in [-0.05, 0) is 37.9 Å². The first-order chi connectivity index (χ1) is 9.98. The fraction of sp³-hybridized carbons (Fsp3) is 0.533. The molecule has 1 heterocycles. The summed E-state index contributed by atoms with van der Waals surface area (Å²) in [6.07, 6.45) is 3.17. The quantitative estimate of drug-likeness (QED) is 0.856. The Morgan fingerprint density at radius 1 is 1.43 bits per heavy atom. The van der Waals surface area contributed by atoms with Crippen LogP contribution in [0.3, 0.4) is 0 Å². The Morgan fingerprint density at radius 3 is 2.62 bits per heavy atom. The minimum Gasteiger partial charge on any atom is -0.321 e. The van der Waals surface area contributed by atoms with Crippen LogP contribution < -0.4 is 10.6 Å². The van der Waals surface area contributed by atoms with Crippen molar-refractivity contribution in [3.63, 3.8) is 0 Å². The van der Waals surface area contributed by atoms with Gasteiger partial charge in [-0.1, -0.05) is 29.3 Å². The van der Waals surface area contributed by atoms with Crippen LogP contribution >= 0.6 is 15.9 Å². The van der Waals surface area contributed by atoms with E-state index in [0.717, 1.165) is 37.9 Å². The number of hydrogen-bond acceptors (Lipinski definition) is 2. The van der Waals surface area contributed by atoms with Gasteiger partial charge in [0.15, 0.2) is 11.6 Å². The van der Waals surface area contributed by atoms with Gasteiger partial charge in [-0.3, -0.25) is 4.79 Å². The molecule has 1 aromatic rings. The largest absolute Gasteiger partial charge is 0.321 e. The molecule has 116 valence electrons. The van der Waals surface area contributed by atoms with Crippen LogP contribution in [0, 0.1) is 17.0 Å². The maximum atomic E-state index is 13.8. The van der Waals surface area contributed by atoms with Gasteiger partial charge in [-0.15, -0.1) is 0 Å². The number of carbonyl (C=O) groups excluding carboxylic acids is 1. The number of halogens is 3. The molecule has 1 saturated heterocycles. The smallest absolute Gasteiger partial charge is 0.232 e. The Kier molecular flexibility index (Phi) is 5.32. The normalized spacial score (nSPS) is 22.1.